The van der Waals surface area contributed by atoms with Crippen molar-refractivity contribution in [2.24, 2.45) is 7.05 Å². The molecule has 1 aliphatic rings. The Hall–Kier alpha value is -2.25. The molecule has 0 spiro atoms. The van der Waals surface area contributed by atoms with Gasteiger partial charge in [-0.25, -0.2) is 9.59 Å². The van der Waals surface area contributed by atoms with Gasteiger partial charge in [-0.2, -0.15) is 5.10 Å². The number of nitrogens with zero attached hydrogens (tertiary/aromatic N) is 3. The lowest BCUT2D eigenvalue weighted by Gasteiger charge is -2.50. The van der Waals surface area contributed by atoms with Gasteiger partial charge in [0.05, 0.1) is 5.54 Å². The van der Waals surface area contributed by atoms with Crippen molar-refractivity contribution in [2.45, 2.75) is 64.7 Å². The van der Waals surface area contributed by atoms with Crippen molar-refractivity contribution < 1.29 is 19.1 Å². The number of aromatic nitrogens is 2. The van der Waals surface area contributed by atoms with Crippen LogP contribution in [-0.2, 0) is 22.9 Å². The zero-order valence-electron chi connectivity index (χ0n) is 16.8. The van der Waals surface area contributed by atoms with Crippen molar-refractivity contribution in [3.63, 3.8) is 0 Å². The Morgan fingerprint density at radius 3 is 2.19 bits per heavy atom. The number of aryl methyl sites for hydroxylation is 1. The number of nitrogens with one attached hydrogen (secondary N) is 1. The van der Waals surface area contributed by atoms with Gasteiger partial charge in [-0.3, -0.25) is 4.68 Å². The highest BCUT2D eigenvalue weighted by atomic mass is 16.6. The second-order valence-electron chi connectivity index (χ2n) is 8.87. The maximum absolute atomic E-state index is 12.3. The summed E-state index contributed by atoms with van der Waals surface area (Å²) in [7, 11) is 1.85. The molecule has 2 rings (SSSR count). The van der Waals surface area contributed by atoms with Crippen molar-refractivity contribution >= 4 is 12.2 Å². The van der Waals surface area contributed by atoms with E-state index in [0.717, 1.165) is 5.69 Å². The first-order valence-electron chi connectivity index (χ1n) is 8.75. The Balaban J connectivity index is 2.08. The van der Waals surface area contributed by atoms with Gasteiger partial charge in [0.2, 0.25) is 0 Å². The molecule has 8 nitrogen and oxygen atoms in total. The van der Waals surface area contributed by atoms with Gasteiger partial charge in [-0.1, -0.05) is 0 Å². The number of carbonyl (C=O) groups excluding carboxylic acids is 2. The summed E-state index contributed by atoms with van der Waals surface area (Å²) in [6.45, 7) is 11.6. The molecule has 2 heterocycles. The van der Waals surface area contributed by atoms with Gasteiger partial charge in [-0.05, 0) is 47.6 Å². The standard InChI is InChI=1S/C18H30N4O4/c1-16(2,3)25-14(23)20-18(10-13-8-9-19-21(13)7)11-22(12-18)15(24)26-17(4,5)6/h8-9H,10-12H2,1-7H3,(H,20,23). The van der Waals surface area contributed by atoms with Crippen molar-refractivity contribution in [1.82, 2.24) is 20.0 Å². The molecule has 0 saturated carbocycles. The summed E-state index contributed by atoms with van der Waals surface area (Å²) >= 11 is 0. The minimum Gasteiger partial charge on any atom is -0.444 e. The van der Waals surface area contributed by atoms with Crippen LogP contribution in [0, 0.1) is 0 Å². The Morgan fingerprint density at radius 2 is 1.73 bits per heavy atom. The normalized spacial score (nSPS) is 16.7. The summed E-state index contributed by atoms with van der Waals surface area (Å²) in [4.78, 5) is 26.1. The molecule has 1 fully saturated rings. The summed E-state index contributed by atoms with van der Waals surface area (Å²) in [5, 5.41) is 7.12. The summed E-state index contributed by atoms with van der Waals surface area (Å²) in [6.07, 6.45) is 1.37. The molecule has 2 amide bonds. The molecule has 8 heteroatoms. The number of alkyl carbamates (subject to hydrolysis) is 1. The van der Waals surface area contributed by atoms with E-state index in [-0.39, 0.29) is 6.09 Å². The van der Waals surface area contributed by atoms with E-state index < -0.39 is 22.8 Å². The Kier molecular flexibility index (Phi) is 5.26. The van der Waals surface area contributed by atoms with Crippen LogP contribution in [0.2, 0.25) is 0 Å². The summed E-state index contributed by atoms with van der Waals surface area (Å²) < 4.78 is 12.6. The minimum absolute atomic E-state index is 0.354. The Bertz CT molecular complexity index is 663. The summed E-state index contributed by atoms with van der Waals surface area (Å²) in [5.41, 5.74) is -0.792. The molecule has 0 unspecified atom stereocenters. The van der Waals surface area contributed by atoms with Crippen molar-refractivity contribution in [3.05, 3.63) is 18.0 Å². The van der Waals surface area contributed by atoms with E-state index in [2.05, 4.69) is 10.4 Å². The zero-order valence-corrected chi connectivity index (χ0v) is 16.8. The van der Waals surface area contributed by atoms with Crippen LogP contribution in [0.3, 0.4) is 0 Å². The first-order chi connectivity index (χ1) is 11.8. The molecule has 0 atom stereocenters. The monoisotopic (exact) mass is 366 g/mol. The Morgan fingerprint density at radius 1 is 1.15 bits per heavy atom. The largest absolute Gasteiger partial charge is 0.444 e. The highest BCUT2D eigenvalue weighted by molar-refractivity contribution is 5.73. The van der Waals surface area contributed by atoms with E-state index in [0.29, 0.717) is 19.5 Å². The third-order valence-corrected chi connectivity index (χ3v) is 3.85. The fraction of sp³-hybridized carbons (Fsp3) is 0.722. The molecule has 0 aliphatic carbocycles. The second-order valence-corrected chi connectivity index (χ2v) is 8.87. The van der Waals surface area contributed by atoms with E-state index in [9.17, 15) is 9.59 Å². The van der Waals surface area contributed by atoms with Crippen molar-refractivity contribution in [1.29, 1.82) is 0 Å². The van der Waals surface area contributed by atoms with Gasteiger partial charge in [-0.15, -0.1) is 0 Å². The summed E-state index contributed by atoms with van der Waals surface area (Å²) in [5.74, 6) is 0. The van der Waals surface area contributed by atoms with Crippen LogP contribution in [0.25, 0.3) is 0 Å². The number of ether oxygens (including phenoxy) is 2. The molecule has 1 aromatic rings. The quantitative estimate of drug-likeness (QED) is 0.888. The molecule has 0 bridgehead atoms. The predicted octanol–water partition coefficient (Wildman–Crippen LogP) is 2.48. The highest BCUT2D eigenvalue weighted by Crippen LogP contribution is 2.28. The van der Waals surface area contributed by atoms with Gasteiger partial charge in [0.15, 0.2) is 0 Å². The molecule has 146 valence electrons. The zero-order chi connectivity index (χ0) is 19.8. The number of amides is 2. The lowest BCUT2D eigenvalue weighted by molar-refractivity contribution is -0.0218. The fourth-order valence-electron chi connectivity index (χ4n) is 2.82. The van der Waals surface area contributed by atoms with Gasteiger partial charge in [0, 0.05) is 38.4 Å². The average Bonchev–Trinajstić information content (AvgIpc) is 2.76. The minimum atomic E-state index is -0.604. The van der Waals surface area contributed by atoms with E-state index in [1.54, 1.807) is 15.8 Å². The maximum Gasteiger partial charge on any atom is 0.410 e. The van der Waals surface area contributed by atoms with Gasteiger partial charge in [0.25, 0.3) is 0 Å². The average molecular weight is 366 g/mol. The fourth-order valence-corrected chi connectivity index (χ4v) is 2.82. The lowest BCUT2D eigenvalue weighted by atomic mass is 9.85. The van der Waals surface area contributed by atoms with Gasteiger partial charge >= 0.3 is 12.2 Å². The van der Waals surface area contributed by atoms with Crippen molar-refractivity contribution in [2.75, 3.05) is 13.1 Å². The highest BCUT2D eigenvalue weighted by Gasteiger charge is 2.48. The van der Waals surface area contributed by atoms with Gasteiger partial charge in [0.1, 0.15) is 11.2 Å². The topological polar surface area (TPSA) is 85.7 Å². The number of likely N-dealkylation sites (tertiary alicyclic amines) is 1. The van der Waals surface area contributed by atoms with Crippen LogP contribution in [-0.4, -0.2) is 56.7 Å². The maximum atomic E-state index is 12.3. The van der Waals surface area contributed by atoms with E-state index in [1.165, 1.54) is 0 Å². The van der Waals surface area contributed by atoms with Crippen LogP contribution < -0.4 is 5.32 Å². The molecule has 1 saturated heterocycles. The molecule has 26 heavy (non-hydrogen) atoms. The number of rotatable bonds is 3. The molecule has 1 N–H and O–H groups in total. The number of hydrogen-bond donors (Lipinski definition) is 1. The Labute approximate surface area is 154 Å². The molecule has 0 radical (unpaired) electrons. The van der Waals surface area contributed by atoms with E-state index in [4.69, 9.17) is 9.47 Å². The van der Waals surface area contributed by atoms with Crippen LogP contribution in [0.15, 0.2) is 12.3 Å². The SMILES string of the molecule is Cn1nccc1CC1(NC(=O)OC(C)(C)C)CN(C(=O)OC(C)(C)C)C1. The van der Waals surface area contributed by atoms with E-state index >= 15 is 0 Å². The molecule has 1 aromatic heterocycles. The first-order valence-corrected chi connectivity index (χ1v) is 8.75. The third-order valence-electron chi connectivity index (χ3n) is 3.85. The number of carbonyl (C=O) groups is 2. The summed E-state index contributed by atoms with van der Waals surface area (Å²) in [6, 6.07) is 1.90. The predicted molar refractivity (Wildman–Crippen MR) is 96.8 cm³/mol. The van der Waals surface area contributed by atoms with Crippen LogP contribution in [0.4, 0.5) is 9.59 Å². The first kappa shape index (κ1) is 20.1. The molecule has 1 aliphatic heterocycles. The lowest BCUT2D eigenvalue weighted by Crippen LogP contribution is -2.73. The van der Waals surface area contributed by atoms with Crippen LogP contribution >= 0.6 is 0 Å². The van der Waals surface area contributed by atoms with E-state index in [1.807, 2.05) is 54.7 Å². The molecular weight excluding hydrogens is 336 g/mol. The third kappa shape index (κ3) is 5.37. The van der Waals surface area contributed by atoms with Crippen LogP contribution in [0.1, 0.15) is 47.2 Å². The molecule has 0 aromatic carbocycles. The molecular formula is C18H30N4O4. The van der Waals surface area contributed by atoms with Crippen molar-refractivity contribution in [3.8, 4) is 0 Å². The van der Waals surface area contributed by atoms with Gasteiger partial charge < -0.3 is 19.7 Å². The number of hydrogen-bond acceptors (Lipinski definition) is 5. The second kappa shape index (κ2) is 6.81. The van der Waals surface area contributed by atoms with Crippen LogP contribution in [0.5, 0.6) is 0 Å². The smallest absolute Gasteiger partial charge is 0.410 e.